The average molecular weight is 1960 g/mol. The van der Waals surface area contributed by atoms with E-state index in [1.54, 1.807) is 112 Å². The summed E-state index contributed by atoms with van der Waals surface area (Å²) in [6.07, 6.45) is 13.8. The first-order chi connectivity index (χ1) is 57.7. The molecule has 8 amide bonds. The van der Waals surface area contributed by atoms with Crippen molar-refractivity contribution in [2.24, 2.45) is 21.1 Å². The third-order valence-corrected chi connectivity index (χ3v) is 20.9. The Morgan fingerprint density at radius 3 is 1.50 bits per heavy atom. The van der Waals surface area contributed by atoms with E-state index in [1.165, 1.54) is 67.9 Å². The van der Waals surface area contributed by atoms with Crippen LogP contribution in [0, 0.1) is 45.0 Å². The predicted octanol–water partition coefficient (Wildman–Crippen LogP) is 13.0. The number of carbonyl (C=O) groups is 8. The van der Waals surface area contributed by atoms with Gasteiger partial charge in [-0.1, -0.05) is 151 Å². The topological polar surface area (TPSA) is 266 Å². The maximum Gasteiger partial charge on any atom is 0.321 e. The number of rotatable bonds is 0. The molecule has 3 aromatic heterocycles. The van der Waals surface area contributed by atoms with Crippen LogP contribution in [-0.2, 0) is 110 Å². The zero-order valence-corrected chi connectivity index (χ0v) is 79.0. The van der Waals surface area contributed by atoms with Gasteiger partial charge in [-0.15, -0.1) is 12.5 Å². The number of carbonyl (C=O) groups excluding carboxylic acids is 8. The first kappa shape index (κ1) is 98.2. The molecule has 1 fully saturated rings. The van der Waals surface area contributed by atoms with Crippen molar-refractivity contribution in [2.75, 3.05) is 95.7 Å². The van der Waals surface area contributed by atoms with E-state index in [2.05, 4.69) is 27.4 Å². The molecule has 0 aliphatic carbocycles. The van der Waals surface area contributed by atoms with Crippen LogP contribution in [-0.4, -0.2) is 171 Å². The molecule has 0 unspecified atom stereocenters. The molecule has 1 N–H and O–H groups in total. The largest absolute Gasteiger partial charge is 0.420 e. The number of likely N-dealkylation sites (N-methyl/N-ethyl adjacent to an activating group) is 3. The average Bonchev–Trinajstić information content (AvgIpc) is 1.14. The number of aromatic nitrogens is 5. The molecule has 0 atom stereocenters. The fourth-order valence-corrected chi connectivity index (χ4v) is 13.9. The number of Topliss-reactive ketones (excluding diaryl/α,β-unsaturated/α-hetero) is 1. The zero-order valence-electron chi connectivity index (χ0n) is 72.0. The van der Waals surface area contributed by atoms with E-state index in [-0.39, 0.29) is 129 Å². The number of hydrogen-bond acceptors (Lipinski definition) is 14. The molecule has 0 bridgehead atoms. The van der Waals surface area contributed by atoms with Crippen molar-refractivity contribution >= 4 is 103 Å². The normalized spacial score (nSPS) is 14.2. The minimum Gasteiger partial charge on any atom is -0.420 e. The molecule has 27 heteroatoms. The number of fused-ring (bicyclic) bond motifs is 9. The van der Waals surface area contributed by atoms with Crippen LogP contribution in [0.2, 0.25) is 0 Å². The SMILES string of the molecule is CC(=O)N1CN(C)C(=O)c2ccccc21.CN1C(=O)CCCc2ccccc21.CN1CC(=O)[CH-]c2ccccc21.CN1CCCCC1=O.CN1CCc2ccccc2C1=O.CN1Cc2ccccc2CC1=O.CN1Cc2ccccc2NC1=O.Cn1ccc2ccccc2c1=O.Cn1cnc2ccccc2c1=O.Cn1cnc2ccccc2c1=O.[CH3-].[U].[Y]. The number of anilines is 4. The Bertz CT molecular complexity index is 5610. The van der Waals surface area contributed by atoms with Crippen molar-refractivity contribution in [2.45, 2.75) is 71.4 Å². The second kappa shape index (κ2) is 47.5. The van der Waals surface area contributed by atoms with Gasteiger partial charge in [0.05, 0.1) is 58.7 Å². The molecule has 25 nitrogen and oxygen atoms in total. The molecular weight excluding hydrogens is 1850 g/mol. The summed E-state index contributed by atoms with van der Waals surface area (Å²) >= 11 is 0. The van der Waals surface area contributed by atoms with Crippen LogP contribution in [0.15, 0.2) is 258 Å². The number of aryl methyl sites for hydroxylation is 4. The van der Waals surface area contributed by atoms with E-state index in [1.807, 2.05) is 222 Å². The summed E-state index contributed by atoms with van der Waals surface area (Å²) in [5, 5.41) is 5.92. The third-order valence-electron chi connectivity index (χ3n) is 20.9. The van der Waals surface area contributed by atoms with Crippen LogP contribution in [0.25, 0.3) is 32.6 Å². The van der Waals surface area contributed by atoms with Crippen LogP contribution >= 0.6 is 0 Å². The van der Waals surface area contributed by atoms with Gasteiger partial charge in [0, 0.05) is 202 Å². The van der Waals surface area contributed by atoms with Gasteiger partial charge in [0.2, 0.25) is 23.6 Å². The van der Waals surface area contributed by atoms with Gasteiger partial charge in [0.15, 0.2) is 0 Å². The van der Waals surface area contributed by atoms with Crippen molar-refractivity contribution in [3.05, 3.63) is 333 Å². The molecule has 1 radical (unpaired) electrons. The molecule has 7 aliphatic heterocycles. The fourth-order valence-electron chi connectivity index (χ4n) is 13.9. The second-order valence-electron chi connectivity index (χ2n) is 29.8. The summed E-state index contributed by atoms with van der Waals surface area (Å²) in [6.45, 7) is 5.58. The number of piperidine rings is 1. The van der Waals surface area contributed by atoms with Crippen molar-refractivity contribution in [1.82, 2.24) is 48.2 Å². The number of urea groups is 1. The molecule has 12 aromatic rings. The van der Waals surface area contributed by atoms with Gasteiger partial charge in [0.25, 0.3) is 28.5 Å². The molecule has 0 spiro atoms. The van der Waals surface area contributed by atoms with E-state index >= 15 is 0 Å². The van der Waals surface area contributed by atoms with Crippen LogP contribution in [0.3, 0.4) is 0 Å². The molecule has 10 heterocycles. The first-order valence-electron chi connectivity index (χ1n) is 39.7. The quantitative estimate of drug-likeness (QED) is 0.138. The van der Waals surface area contributed by atoms with E-state index < -0.39 is 0 Å². The van der Waals surface area contributed by atoms with E-state index in [9.17, 15) is 52.7 Å². The number of ketones is 1. The summed E-state index contributed by atoms with van der Waals surface area (Å²) in [5.74, 6) is 0.979. The number of pyridine rings is 1. The predicted molar refractivity (Wildman–Crippen MR) is 479 cm³/mol. The summed E-state index contributed by atoms with van der Waals surface area (Å²) in [5.41, 5.74) is 14.0. The number of nitrogens with one attached hydrogen (secondary N) is 1. The minimum absolute atomic E-state index is 0. The van der Waals surface area contributed by atoms with E-state index in [4.69, 9.17) is 0 Å². The van der Waals surface area contributed by atoms with Crippen LogP contribution in [0.4, 0.5) is 27.5 Å². The Labute approximate surface area is 767 Å². The van der Waals surface area contributed by atoms with Crippen molar-refractivity contribution < 1.29 is 102 Å². The molecule has 7 aliphatic rings. The Morgan fingerprint density at radius 2 is 0.886 bits per heavy atom. The number of nitrogens with zero attached hydrogens (tertiary/aromatic N) is 13. The first-order valence-corrected chi connectivity index (χ1v) is 39.7. The van der Waals surface area contributed by atoms with Gasteiger partial charge in [-0.3, -0.25) is 48.1 Å². The molecular formula is C96H106N14O11UY-2. The number of hydrogen-bond donors (Lipinski definition) is 1. The Morgan fingerprint density at radius 1 is 0.390 bits per heavy atom. The molecule has 0 saturated carbocycles. The monoisotopic (exact) mass is 1960 g/mol. The molecule has 635 valence electrons. The Kier molecular flexibility index (Phi) is 37.9. The molecule has 9 aromatic carbocycles. The molecule has 123 heavy (non-hydrogen) atoms. The van der Waals surface area contributed by atoms with Crippen LogP contribution in [0.5, 0.6) is 0 Å². The maximum absolute atomic E-state index is 11.8. The van der Waals surface area contributed by atoms with Crippen LogP contribution < -0.4 is 36.7 Å². The van der Waals surface area contributed by atoms with Gasteiger partial charge in [-0.25, -0.2) is 14.8 Å². The Hall–Kier alpha value is -11.9. The Balaban J connectivity index is 0.000000188. The standard InChI is InChI=1S/C11H12N2O2.C11H13NO.C10H10NO.2C10H11NO.C10H9NO.2C9H8N2O.C9H10N2O.C6H11NO.CH3.U.Y/c1-8(14)13-7-12(2)11(15)9-5-3-4-6-10(9)13;1-12-10-7-3-2-5-9(10)6-4-8-11(12)13;1-11-7-9(12)6-8-4-2-3-5-10(8)11;1-11-7-9-5-3-2-4-8(9)6-10(11)12;2*1-11-7-6-8-4-2-3-5-9(8)10(11)12;2*1-11-6-10-8-5-3-2-4-7(8)9(11)12;1-11-6-7-4-2-3-5-8(7)10-9(11)12;1-7-5-3-2-4-6(7)8;;;/h3-6H,7H2,1-2H3;2-3,5,7H,4,6,8H2,1H3;2-6H,7H2,1H3;2*2-5H,6-7H2,1H3;2-7H,1H3;2*2-6H,1H3;2-5H,6H2,1H3,(H,10,12);2-5H2,1H3;1H3;;/q;;-1;;;;;;;;-1;;. The molecule has 19 rings (SSSR count). The third kappa shape index (κ3) is 26.5. The smallest absolute Gasteiger partial charge is 0.321 e. The van der Waals surface area contributed by atoms with Crippen molar-refractivity contribution in [1.29, 1.82) is 0 Å². The zero-order chi connectivity index (χ0) is 86.1. The minimum atomic E-state index is -0.0539. The van der Waals surface area contributed by atoms with Gasteiger partial charge in [0.1, 0.15) is 12.5 Å². The second-order valence-corrected chi connectivity index (χ2v) is 29.8. The summed E-state index contributed by atoms with van der Waals surface area (Å²) in [4.78, 5) is 147. The fraction of sp³-hybridized carbons (Fsp3) is 0.260. The summed E-state index contributed by atoms with van der Waals surface area (Å²) in [6, 6.07) is 71.1. The van der Waals surface area contributed by atoms with Crippen LogP contribution in [0.1, 0.15) is 93.1 Å². The van der Waals surface area contributed by atoms with E-state index in [0.29, 0.717) is 60.5 Å². The number of amides is 8. The van der Waals surface area contributed by atoms with Crippen molar-refractivity contribution in [3.63, 3.8) is 0 Å². The number of benzene rings is 9. The molecule has 1 saturated heterocycles. The summed E-state index contributed by atoms with van der Waals surface area (Å²) in [7, 11) is 18.0. The van der Waals surface area contributed by atoms with Gasteiger partial charge in [-0.05, 0) is 139 Å². The van der Waals surface area contributed by atoms with Gasteiger partial charge >= 0.3 is 6.03 Å². The number of para-hydroxylation sites is 6. The van der Waals surface area contributed by atoms with E-state index in [0.717, 1.165) is 102 Å². The summed E-state index contributed by atoms with van der Waals surface area (Å²) < 4.78 is 4.53. The van der Waals surface area contributed by atoms with Crippen molar-refractivity contribution in [3.8, 4) is 0 Å². The number of likely N-dealkylation sites (tertiary alicyclic amines) is 1. The maximum atomic E-state index is 11.8. The van der Waals surface area contributed by atoms with Gasteiger partial charge < -0.3 is 65.5 Å². The van der Waals surface area contributed by atoms with Gasteiger partial charge in [-0.2, -0.15) is 11.6 Å².